The van der Waals surface area contributed by atoms with Crippen molar-refractivity contribution in [3.8, 4) is 11.5 Å². The summed E-state index contributed by atoms with van der Waals surface area (Å²) in [7, 11) is 1.79. The van der Waals surface area contributed by atoms with Gasteiger partial charge < -0.3 is 15.0 Å². The maximum Gasteiger partial charge on any atom is 0.258 e. The van der Waals surface area contributed by atoms with Crippen LogP contribution >= 0.6 is 0 Å². The van der Waals surface area contributed by atoms with Crippen LogP contribution in [0.2, 0.25) is 0 Å². The Morgan fingerprint density at radius 2 is 1.71 bits per heavy atom. The molecule has 1 heterocycles. The van der Waals surface area contributed by atoms with Gasteiger partial charge in [-0.25, -0.2) is 4.98 Å². The molecule has 0 atom stereocenters. The number of carbonyl (C=O) groups excluding carboxylic acids is 1. The first-order chi connectivity index (χ1) is 15.1. The minimum absolute atomic E-state index is 0.121. The Morgan fingerprint density at radius 3 is 2.55 bits per heavy atom. The van der Waals surface area contributed by atoms with Crippen molar-refractivity contribution in [3.63, 3.8) is 0 Å². The lowest BCUT2D eigenvalue weighted by Gasteiger charge is -2.17. The molecular weight excluding hydrogens is 392 g/mol. The van der Waals surface area contributed by atoms with E-state index in [0.29, 0.717) is 40.5 Å². The number of hydrogen-bond acceptors (Lipinski definition) is 5. The van der Waals surface area contributed by atoms with Gasteiger partial charge in [-0.1, -0.05) is 42.5 Å². The van der Waals surface area contributed by atoms with E-state index in [1.54, 1.807) is 42.3 Å². The summed E-state index contributed by atoms with van der Waals surface area (Å²) in [6.45, 7) is 0.450. The summed E-state index contributed by atoms with van der Waals surface area (Å²) >= 11 is 0. The zero-order valence-electron chi connectivity index (χ0n) is 17.0. The van der Waals surface area contributed by atoms with E-state index in [0.717, 1.165) is 0 Å². The molecule has 0 spiro atoms. The van der Waals surface area contributed by atoms with Crippen LogP contribution in [0.25, 0.3) is 10.9 Å². The zero-order valence-corrected chi connectivity index (χ0v) is 17.0. The highest BCUT2D eigenvalue weighted by molar-refractivity contribution is 5.93. The van der Waals surface area contributed by atoms with Crippen molar-refractivity contribution >= 4 is 22.5 Å². The summed E-state index contributed by atoms with van der Waals surface area (Å²) in [5.74, 6) is 1.56. The molecule has 0 fully saturated rings. The lowest BCUT2D eigenvalue weighted by Crippen LogP contribution is -2.31. The number of para-hydroxylation sites is 4. The second kappa shape index (κ2) is 9.23. The fourth-order valence-corrected chi connectivity index (χ4v) is 3.23. The molecule has 1 aromatic heterocycles. The number of hydrogen-bond donors (Lipinski definition) is 2. The number of H-pyrrole nitrogens is 1. The number of aromatic nitrogens is 2. The maximum absolute atomic E-state index is 12.6. The van der Waals surface area contributed by atoms with E-state index >= 15 is 0 Å². The quantitative estimate of drug-likeness (QED) is 0.481. The normalized spacial score (nSPS) is 10.9. The average Bonchev–Trinajstić information content (AvgIpc) is 2.76. The summed E-state index contributed by atoms with van der Waals surface area (Å²) in [5, 5.41) is 3.43. The van der Waals surface area contributed by atoms with Crippen molar-refractivity contribution in [2.24, 2.45) is 0 Å². The monoisotopic (exact) mass is 414 g/mol. The number of rotatable bonds is 7. The van der Waals surface area contributed by atoms with E-state index < -0.39 is 0 Å². The molecule has 2 N–H and O–H groups in total. The molecule has 0 aliphatic rings. The maximum atomic E-state index is 12.6. The third kappa shape index (κ3) is 5.15. The van der Waals surface area contributed by atoms with Crippen molar-refractivity contribution in [1.29, 1.82) is 0 Å². The molecule has 0 aliphatic carbocycles. The number of nitrogens with zero attached hydrogens (tertiary/aromatic N) is 2. The second-order valence-corrected chi connectivity index (χ2v) is 7.16. The fourth-order valence-electron chi connectivity index (χ4n) is 3.23. The molecule has 0 bridgehead atoms. The Bertz CT molecular complexity index is 1250. The summed E-state index contributed by atoms with van der Waals surface area (Å²) < 4.78 is 5.89. The van der Waals surface area contributed by atoms with Crippen molar-refractivity contribution in [1.82, 2.24) is 14.9 Å². The number of benzene rings is 3. The standard InChI is InChI=1S/C24H22N4O3/c1-28(15-22-25-19-12-6-5-11-18(19)24(30)27-22)16-23(29)26-20-13-7-8-14-21(20)31-17-9-3-2-4-10-17/h2-14H,15-16H2,1H3,(H,26,29)(H,25,27,30). The zero-order chi connectivity index (χ0) is 21.6. The molecule has 0 unspecified atom stereocenters. The van der Waals surface area contributed by atoms with E-state index in [1.807, 2.05) is 48.5 Å². The van der Waals surface area contributed by atoms with Gasteiger partial charge >= 0.3 is 0 Å². The van der Waals surface area contributed by atoms with Crippen molar-refractivity contribution in [2.45, 2.75) is 6.54 Å². The van der Waals surface area contributed by atoms with E-state index in [-0.39, 0.29) is 18.0 Å². The highest BCUT2D eigenvalue weighted by atomic mass is 16.5. The smallest absolute Gasteiger partial charge is 0.258 e. The summed E-state index contributed by atoms with van der Waals surface area (Å²) in [4.78, 5) is 33.9. The molecule has 1 amide bonds. The number of carbonyl (C=O) groups is 1. The van der Waals surface area contributed by atoms with Gasteiger partial charge in [0.2, 0.25) is 5.91 Å². The summed E-state index contributed by atoms with van der Waals surface area (Å²) in [6, 6.07) is 23.8. The molecule has 0 aliphatic heterocycles. The lowest BCUT2D eigenvalue weighted by atomic mass is 10.2. The Balaban J connectivity index is 1.41. The van der Waals surface area contributed by atoms with Crippen LogP contribution in [-0.4, -0.2) is 34.4 Å². The highest BCUT2D eigenvalue weighted by Gasteiger charge is 2.12. The molecule has 3 aromatic carbocycles. The number of ether oxygens (including phenoxy) is 1. The van der Waals surface area contributed by atoms with Crippen LogP contribution < -0.4 is 15.6 Å². The van der Waals surface area contributed by atoms with E-state index in [9.17, 15) is 9.59 Å². The lowest BCUT2D eigenvalue weighted by molar-refractivity contribution is -0.117. The van der Waals surface area contributed by atoms with Crippen LogP contribution in [0.5, 0.6) is 11.5 Å². The first-order valence-electron chi connectivity index (χ1n) is 9.87. The Kier molecular flexibility index (Phi) is 6.05. The number of nitrogens with one attached hydrogen (secondary N) is 2. The van der Waals surface area contributed by atoms with E-state index in [1.165, 1.54) is 0 Å². The second-order valence-electron chi connectivity index (χ2n) is 7.16. The van der Waals surface area contributed by atoms with Crippen LogP contribution in [0.3, 0.4) is 0 Å². The van der Waals surface area contributed by atoms with Crippen molar-refractivity contribution < 1.29 is 9.53 Å². The topological polar surface area (TPSA) is 87.3 Å². The molecule has 156 valence electrons. The van der Waals surface area contributed by atoms with Crippen LogP contribution in [-0.2, 0) is 11.3 Å². The molecule has 4 rings (SSSR count). The highest BCUT2D eigenvalue weighted by Crippen LogP contribution is 2.29. The van der Waals surface area contributed by atoms with E-state index in [4.69, 9.17) is 4.74 Å². The predicted octanol–water partition coefficient (Wildman–Crippen LogP) is 3.79. The minimum Gasteiger partial charge on any atom is -0.455 e. The van der Waals surface area contributed by atoms with Crippen molar-refractivity contribution in [2.75, 3.05) is 18.9 Å². The predicted molar refractivity (Wildman–Crippen MR) is 120 cm³/mol. The molecular formula is C24H22N4O3. The van der Waals surface area contributed by atoms with Gasteiger partial charge in [0.15, 0.2) is 5.75 Å². The van der Waals surface area contributed by atoms with Gasteiger partial charge in [-0.3, -0.25) is 14.5 Å². The third-order valence-electron chi connectivity index (χ3n) is 4.63. The number of fused-ring (bicyclic) bond motifs is 1. The molecule has 0 saturated carbocycles. The van der Waals surface area contributed by atoms with Gasteiger partial charge in [0.25, 0.3) is 5.56 Å². The van der Waals surface area contributed by atoms with Gasteiger partial charge in [-0.2, -0.15) is 0 Å². The number of amides is 1. The summed E-state index contributed by atoms with van der Waals surface area (Å²) in [6.07, 6.45) is 0. The Morgan fingerprint density at radius 1 is 1.00 bits per heavy atom. The van der Waals surface area contributed by atoms with Gasteiger partial charge in [0, 0.05) is 0 Å². The first-order valence-corrected chi connectivity index (χ1v) is 9.87. The molecule has 31 heavy (non-hydrogen) atoms. The fraction of sp³-hybridized carbons (Fsp3) is 0.125. The van der Waals surface area contributed by atoms with Gasteiger partial charge in [-0.15, -0.1) is 0 Å². The summed E-state index contributed by atoms with van der Waals surface area (Å²) in [5.41, 5.74) is 1.03. The molecule has 0 saturated heterocycles. The number of likely N-dealkylation sites (N-methyl/N-ethyl adjacent to an activating group) is 1. The minimum atomic E-state index is -0.199. The Labute approximate surface area is 179 Å². The first kappa shape index (κ1) is 20.3. The number of aromatic amines is 1. The SMILES string of the molecule is CN(CC(=O)Nc1ccccc1Oc1ccccc1)Cc1nc2ccccc2c(=O)[nH]1. The van der Waals surface area contributed by atoms with E-state index in [2.05, 4.69) is 15.3 Å². The molecule has 7 heteroatoms. The Hall–Kier alpha value is -3.97. The molecule has 4 aromatic rings. The van der Waals surface area contributed by atoms with Gasteiger partial charge in [-0.05, 0) is 43.4 Å². The van der Waals surface area contributed by atoms with Gasteiger partial charge in [0.1, 0.15) is 11.6 Å². The van der Waals surface area contributed by atoms with Crippen LogP contribution in [0, 0.1) is 0 Å². The third-order valence-corrected chi connectivity index (χ3v) is 4.63. The van der Waals surface area contributed by atoms with Crippen LogP contribution in [0.4, 0.5) is 5.69 Å². The average molecular weight is 414 g/mol. The molecule has 0 radical (unpaired) electrons. The van der Waals surface area contributed by atoms with Crippen LogP contribution in [0.15, 0.2) is 83.7 Å². The van der Waals surface area contributed by atoms with Crippen LogP contribution in [0.1, 0.15) is 5.82 Å². The molecule has 7 nitrogen and oxygen atoms in total. The number of anilines is 1. The van der Waals surface area contributed by atoms with Gasteiger partial charge in [0.05, 0.1) is 29.7 Å². The van der Waals surface area contributed by atoms with Crippen molar-refractivity contribution in [3.05, 3.63) is 95.0 Å². The largest absolute Gasteiger partial charge is 0.455 e.